The van der Waals surface area contributed by atoms with Crippen molar-refractivity contribution in [2.24, 2.45) is 0 Å². The normalized spacial score (nSPS) is 29.3. The molecule has 1 aromatic heterocycles. The maximum atomic E-state index is 11.6. The van der Waals surface area contributed by atoms with E-state index in [1.165, 1.54) is 12.0 Å². The van der Waals surface area contributed by atoms with Crippen LogP contribution in [-0.4, -0.2) is 25.2 Å². The van der Waals surface area contributed by atoms with Crippen LogP contribution >= 0.6 is 27.3 Å². The van der Waals surface area contributed by atoms with Gasteiger partial charge in [-0.1, -0.05) is 0 Å². The molecule has 2 heterocycles. The van der Waals surface area contributed by atoms with Gasteiger partial charge in [0.2, 0.25) is 0 Å². The molecule has 3 nitrogen and oxygen atoms in total. The Morgan fingerprint density at radius 3 is 3.00 bits per heavy atom. The number of thiophene rings is 1. The van der Waals surface area contributed by atoms with Crippen LogP contribution < -0.4 is 5.32 Å². The summed E-state index contributed by atoms with van der Waals surface area (Å²) in [6.45, 7) is 2.74. The van der Waals surface area contributed by atoms with E-state index in [0.717, 1.165) is 16.8 Å². The summed E-state index contributed by atoms with van der Waals surface area (Å²) in [6.07, 6.45) is 0.798. The maximum Gasteiger partial charge on any atom is 0.325 e. The van der Waals surface area contributed by atoms with E-state index < -0.39 is 5.54 Å². The van der Waals surface area contributed by atoms with Crippen molar-refractivity contribution in [1.29, 1.82) is 0 Å². The highest BCUT2D eigenvalue weighted by Gasteiger charge is 2.42. The van der Waals surface area contributed by atoms with Crippen LogP contribution in [0.1, 0.15) is 24.1 Å². The van der Waals surface area contributed by atoms with Gasteiger partial charge in [-0.2, -0.15) is 0 Å². The molecule has 0 amide bonds. The molecule has 5 heteroatoms. The van der Waals surface area contributed by atoms with Gasteiger partial charge in [-0.05, 0) is 41.4 Å². The van der Waals surface area contributed by atoms with E-state index in [2.05, 4.69) is 27.3 Å². The third-order valence-electron chi connectivity index (χ3n) is 3.03. The minimum Gasteiger partial charge on any atom is -0.468 e. The lowest BCUT2D eigenvalue weighted by atomic mass is 9.94. The SMILES string of the molecule is COC(=O)C1(C)CC(c2ccc(Br)s2)CN1. The minimum atomic E-state index is -0.532. The van der Waals surface area contributed by atoms with Crippen molar-refractivity contribution >= 4 is 33.2 Å². The average Bonchev–Trinajstić information content (AvgIpc) is 2.84. The fourth-order valence-electron chi connectivity index (χ4n) is 2.12. The number of carbonyl (C=O) groups excluding carboxylic acids is 1. The molecular formula is C11H14BrNO2S. The maximum absolute atomic E-state index is 11.6. The second-order valence-corrected chi connectivity index (χ2v) is 6.74. The molecule has 16 heavy (non-hydrogen) atoms. The van der Waals surface area contributed by atoms with Crippen LogP contribution in [0.15, 0.2) is 15.9 Å². The third kappa shape index (κ3) is 2.17. The molecule has 88 valence electrons. The Morgan fingerprint density at radius 2 is 2.44 bits per heavy atom. The van der Waals surface area contributed by atoms with Crippen molar-refractivity contribution in [2.75, 3.05) is 13.7 Å². The summed E-state index contributed by atoms with van der Waals surface area (Å²) in [4.78, 5) is 12.9. The topological polar surface area (TPSA) is 38.3 Å². The zero-order valence-electron chi connectivity index (χ0n) is 9.25. The van der Waals surface area contributed by atoms with Gasteiger partial charge in [-0.3, -0.25) is 4.79 Å². The van der Waals surface area contributed by atoms with E-state index in [1.807, 2.05) is 13.0 Å². The first-order valence-corrected chi connectivity index (χ1v) is 6.75. The van der Waals surface area contributed by atoms with Crippen molar-refractivity contribution in [3.63, 3.8) is 0 Å². The quantitative estimate of drug-likeness (QED) is 0.853. The van der Waals surface area contributed by atoms with Gasteiger partial charge in [0.25, 0.3) is 0 Å². The largest absolute Gasteiger partial charge is 0.468 e. The summed E-state index contributed by atoms with van der Waals surface area (Å²) in [6, 6.07) is 4.16. The third-order valence-corrected chi connectivity index (χ3v) is 4.81. The van der Waals surface area contributed by atoms with E-state index in [1.54, 1.807) is 11.3 Å². The van der Waals surface area contributed by atoms with Gasteiger partial charge in [0.05, 0.1) is 10.9 Å². The van der Waals surface area contributed by atoms with Gasteiger partial charge in [-0.25, -0.2) is 0 Å². The predicted molar refractivity (Wildman–Crippen MR) is 67.8 cm³/mol. The van der Waals surface area contributed by atoms with Gasteiger partial charge in [-0.15, -0.1) is 11.3 Å². The Morgan fingerprint density at radius 1 is 1.69 bits per heavy atom. The molecule has 1 aliphatic heterocycles. The Labute approximate surface area is 107 Å². The van der Waals surface area contributed by atoms with E-state index >= 15 is 0 Å². The molecule has 2 atom stereocenters. The first-order valence-electron chi connectivity index (χ1n) is 5.14. The van der Waals surface area contributed by atoms with Crippen LogP contribution in [0.5, 0.6) is 0 Å². The Kier molecular flexibility index (Phi) is 3.37. The number of esters is 1. The molecule has 0 spiro atoms. The number of hydrogen-bond donors (Lipinski definition) is 1. The smallest absolute Gasteiger partial charge is 0.325 e. The number of halogens is 1. The number of hydrogen-bond acceptors (Lipinski definition) is 4. The van der Waals surface area contributed by atoms with E-state index in [9.17, 15) is 4.79 Å². The average molecular weight is 304 g/mol. The summed E-state index contributed by atoms with van der Waals surface area (Å²) in [5, 5.41) is 3.26. The Hall–Kier alpha value is -0.390. The van der Waals surface area contributed by atoms with Crippen LogP contribution in [0.4, 0.5) is 0 Å². The highest BCUT2D eigenvalue weighted by Crippen LogP contribution is 2.37. The van der Waals surface area contributed by atoms with Crippen LogP contribution in [0.2, 0.25) is 0 Å². The van der Waals surface area contributed by atoms with Gasteiger partial charge in [0.15, 0.2) is 0 Å². The first kappa shape index (κ1) is 12.1. The summed E-state index contributed by atoms with van der Waals surface area (Å²) in [5.74, 6) is 0.228. The number of methoxy groups -OCH3 is 1. The molecule has 1 aromatic rings. The molecule has 2 rings (SSSR count). The second kappa shape index (κ2) is 4.47. The lowest BCUT2D eigenvalue weighted by molar-refractivity contribution is -0.147. The molecule has 1 fully saturated rings. The minimum absolute atomic E-state index is 0.175. The molecule has 0 aromatic carbocycles. The van der Waals surface area contributed by atoms with Gasteiger partial charge < -0.3 is 10.1 Å². The van der Waals surface area contributed by atoms with E-state index in [-0.39, 0.29) is 5.97 Å². The van der Waals surface area contributed by atoms with Crippen molar-refractivity contribution in [3.8, 4) is 0 Å². The molecule has 2 unspecified atom stereocenters. The van der Waals surface area contributed by atoms with Gasteiger partial charge in [0, 0.05) is 17.3 Å². The first-order chi connectivity index (χ1) is 7.55. The summed E-state index contributed by atoms with van der Waals surface area (Å²) < 4.78 is 5.95. The molecule has 0 aliphatic carbocycles. The van der Waals surface area contributed by atoms with Crippen molar-refractivity contribution < 1.29 is 9.53 Å². The van der Waals surface area contributed by atoms with Crippen molar-refractivity contribution in [1.82, 2.24) is 5.32 Å². The molecule has 1 N–H and O–H groups in total. The number of rotatable bonds is 2. The lowest BCUT2D eigenvalue weighted by Crippen LogP contribution is -2.45. The van der Waals surface area contributed by atoms with Gasteiger partial charge in [0.1, 0.15) is 5.54 Å². The molecular weight excluding hydrogens is 290 g/mol. The fourth-order valence-corrected chi connectivity index (χ4v) is 3.64. The van der Waals surface area contributed by atoms with Gasteiger partial charge >= 0.3 is 5.97 Å². The zero-order valence-corrected chi connectivity index (χ0v) is 11.7. The number of nitrogens with one attached hydrogen (secondary N) is 1. The van der Waals surface area contributed by atoms with Crippen LogP contribution in [-0.2, 0) is 9.53 Å². The number of ether oxygens (including phenoxy) is 1. The lowest BCUT2D eigenvalue weighted by Gasteiger charge is -2.20. The highest BCUT2D eigenvalue weighted by molar-refractivity contribution is 9.11. The molecule has 0 saturated carbocycles. The Balaban J connectivity index is 2.11. The second-order valence-electron chi connectivity index (χ2n) is 4.25. The highest BCUT2D eigenvalue weighted by atomic mass is 79.9. The standard InChI is InChI=1S/C11H14BrNO2S/c1-11(10(14)15-2)5-7(6-13-11)8-3-4-9(12)16-8/h3-4,7,13H,5-6H2,1-2H3. The molecule has 0 radical (unpaired) electrons. The summed E-state index contributed by atoms with van der Waals surface area (Å²) in [5.41, 5.74) is -0.532. The van der Waals surface area contributed by atoms with Crippen molar-refractivity contribution in [2.45, 2.75) is 24.8 Å². The van der Waals surface area contributed by atoms with Crippen LogP contribution in [0.3, 0.4) is 0 Å². The molecule has 0 bridgehead atoms. The van der Waals surface area contributed by atoms with Crippen LogP contribution in [0, 0.1) is 0 Å². The number of carbonyl (C=O) groups is 1. The van der Waals surface area contributed by atoms with Crippen molar-refractivity contribution in [3.05, 3.63) is 20.8 Å². The fraction of sp³-hybridized carbons (Fsp3) is 0.545. The summed E-state index contributed by atoms with van der Waals surface area (Å²) in [7, 11) is 1.43. The monoisotopic (exact) mass is 303 g/mol. The predicted octanol–water partition coefficient (Wildman–Crippen LogP) is 2.52. The zero-order chi connectivity index (χ0) is 11.8. The molecule has 1 saturated heterocycles. The van der Waals surface area contributed by atoms with E-state index in [0.29, 0.717) is 5.92 Å². The van der Waals surface area contributed by atoms with E-state index in [4.69, 9.17) is 4.74 Å². The molecule has 1 aliphatic rings. The Bertz CT molecular complexity index is 406. The summed E-state index contributed by atoms with van der Waals surface area (Å²) >= 11 is 5.19. The van der Waals surface area contributed by atoms with Crippen LogP contribution in [0.25, 0.3) is 0 Å².